The number of aliphatic hydroxyl groups is 1. The molecule has 0 spiro atoms. The van der Waals surface area contributed by atoms with Gasteiger partial charge in [0.25, 0.3) is 0 Å². The van der Waals surface area contributed by atoms with Gasteiger partial charge in [-0.1, -0.05) is 22.9 Å². The molecule has 2 heterocycles. The maximum absolute atomic E-state index is 12.9. The van der Waals surface area contributed by atoms with Crippen LogP contribution in [0.5, 0.6) is 5.75 Å². The van der Waals surface area contributed by atoms with E-state index in [1.807, 2.05) is 18.2 Å². The van der Waals surface area contributed by atoms with E-state index in [0.29, 0.717) is 12.3 Å². The molecule has 0 unspecified atom stereocenters. The van der Waals surface area contributed by atoms with E-state index in [2.05, 4.69) is 9.80 Å². The van der Waals surface area contributed by atoms with Gasteiger partial charge in [0, 0.05) is 37.7 Å². The van der Waals surface area contributed by atoms with Crippen LogP contribution in [0.3, 0.4) is 0 Å². The zero-order valence-corrected chi connectivity index (χ0v) is 16.8. The molecule has 0 radical (unpaired) electrons. The number of anilines is 1. The molecule has 1 atom stereocenters. The highest BCUT2D eigenvalue weighted by molar-refractivity contribution is 7.22. The lowest BCUT2D eigenvalue weighted by molar-refractivity contribution is 0.0663. The van der Waals surface area contributed by atoms with Crippen LogP contribution in [-0.2, 0) is 0 Å². The van der Waals surface area contributed by atoms with E-state index in [1.165, 1.54) is 12.1 Å². The summed E-state index contributed by atoms with van der Waals surface area (Å²) in [4.78, 5) is 9.20. The lowest BCUT2D eigenvalue weighted by Crippen LogP contribution is -2.49. The van der Waals surface area contributed by atoms with E-state index in [1.54, 1.807) is 23.5 Å². The smallest absolute Gasteiger partial charge is 0.186 e. The first-order valence-corrected chi connectivity index (χ1v) is 10.4. The lowest BCUT2D eigenvalue weighted by atomic mass is 10.2. The molecule has 1 aliphatic heterocycles. The number of fused-ring (bicyclic) bond motifs is 1. The molecule has 1 fully saturated rings. The van der Waals surface area contributed by atoms with Crippen LogP contribution >= 0.6 is 22.9 Å². The number of benzene rings is 2. The van der Waals surface area contributed by atoms with E-state index in [0.717, 1.165) is 46.5 Å². The van der Waals surface area contributed by atoms with Crippen molar-refractivity contribution in [1.29, 1.82) is 0 Å². The van der Waals surface area contributed by atoms with Gasteiger partial charge in [-0.05, 0) is 42.5 Å². The van der Waals surface area contributed by atoms with Gasteiger partial charge in [0.15, 0.2) is 5.13 Å². The monoisotopic (exact) mass is 421 g/mol. The Morgan fingerprint density at radius 3 is 2.64 bits per heavy atom. The second kappa shape index (κ2) is 8.61. The van der Waals surface area contributed by atoms with E-state index in [-0.39, 0.29) is 12.4 Å². The Morgan fingerprint density at radius 1 is 1.14 bits per heavy atom. The predicted octanol–water partition coefficient (Wildman–Crippen LogP) is 3.65. The van der Waals surface area contributed by atoms with Crippen molar-refractivity contribution in [2.24, 2.45) is 0 Å². The number of ether oxygens (including phenoxy) is 1. The Hall–Kier alpha value is -1.93. The number of β-amino-alcohol motifs (C(OH)–C–C–N with tert-alkyl or cyclic N) is 1. The van der Waals surface area contributed by atoms with Crippen molar-refractivity contribution in [3.63, 3.8) is 0 Å². The molecule has 4 rings (SSSR count). The summed E-state index contributed by atoms with van der Waals surface area (Å²) in [7, 11) is 0. The van der Waals surface area contributed by atoms with E-state index >= 15 is 0 Å². The van der Waals surface area contributed by atoms with Crippen LogP contribution in [-0.4, -0.2) is 60.4 Å². The van der Waals surface area contributed by atoms with Crippen molar-refractivity contribution in [2.45, 2.75) is 6.10 Å². The molecule has 0 bridgehead atoms. The second-order valence-electron chi connectivity index (χ2n) is 6.81. The van der Waals surface area contributed by atoms with E-state index in [4.69, 9.17) is 21.3 Å². The average molecular weight is 422 g/mol. The number of thiazole rings is 1. The number of hydrogen-bond donors (Lipinski definition) is 1. The van der Waals surface area contributed by atoms with Gasteiger partial charge in [0.2, 0.25) is 0 Å². The summed E-state index contributed by atoms with van der Waals surface area (Å²) >= 11 is 7.72. The van der Waals surface area contributed by atoms with E-state index < -0.39 is 6.10 Å². The van der Waals surface area contributed by atoms with Crippen LogP contribution in [0, 0.1) is 5.82 Å². The Kier molecular flexibility index (Phi) is 5.96. The first-order chi connectivity index (χ1) is 13.6. The van der Waals surface area contributed by atoms with Gasteiger partial charge in [-0.2, -0.15) is 0 Å². The largest absolute Gasteiger partial charge is 0.491 e. The molecular formula is C20H21ClFN3O2S. The Morgan fingerprint density at radius 2 is 1.89 bits per heavy atom. The maximum Gasteiger partial charge on any atom is 0.186 e. The Labute approximate surface area is 171 Å². The quantitative estimate of drug-likeness (QED) is 0.658. The van der Waals surface area contributed by atoms with Crippen LogP contribution in [0.4, 0.5) is 9.52 Å². The van der Waals surface area contributed by atoms with Crippen molar-refractivity contribution in [3.8, 4) is 5.75 Å². The molecule has 1 aliphatic rings. The average Bonchev–Trinajstić information content (AvgIpc) is 3.11. The summed E-state index contributed by atoms with van der Waals surface area (Å²) in [6.07, 6.45) is -0.596. The summed E-state index contributed by atoms with van der Waals surface area (Å²) in [5.74, 6) is 0.253. The minimum absolute atomic E-state index is 0.185. The second-order valence-corrected chi connectivity index (χ2v) is 8.26. The maximum atomic E-state index is 12.9. The summed E-state index contributed by atoms with van der Waals surface area (Å²) < 4.78 is 19.5. The molecule has 1 aromatic heterocycles. The number of nitrogens with zero attached hydrogens (tertiary/aromatic N) is 3. The summed E-state index contributed by atoms with van der Waals surface area (Å²) in [6, 6.07) is 11.6. The zero-order chi connectivity index (χ0) is 19.5. The van der Waals surface area contributed by atoms with Gasteiger partial charge in [-0.15, -0.1) is 0 Å². The first kappa shape index (κ1) is 19.4. The topological polar surface area (TPSA) is 48.8 Å². The van der Waals surface area contributed by atoms with Crippen molar-refractivity contribution in [3.05, 3.63) is 53.3 Å². The molecule has 1 N–H and O–H groups in total. The predicted molar refractivity (Wildman–Crippen MR) is 111 cm³/mol. The molecule has 8 heteroatoms. The molecule has 2 aromatic carbocycles. The molecule has 148 valence electrons. The number of aromatic nitrogens is 1. The summed E-state index contributed by atoms with van der Waals surface area (Å²) in [6.45, 7) is 4.15. The number of hydrogen-bond acceptors (Lipinski definition) is 6. The lowest BCUT2D eigenvalue weighted by Gasteiger charge is -2.35. The van der Waals surface area contributed by atoms with Gasteiger partial charge < -0.3 is 14.7 Å². The molecule has 28 heavy (non-hydrogen) atoms. The third kappa shape index (κ3) is 4.72. The number of piperazine rings is 1. The molecule has 3 aromatic rings. The Balaban J connectivity index is 1.25. The first-order valence-electron chi connectivity index (χ1n) is 9.17. The van der Waals surface area contributed by atoms with Crippen LogP contribution in [0.15, 0.2) is 42.5 Å². The third-order valence-corrected chi connectivity index (χ3v) is 6.02. The highest BCUT2D eigenvalue weighted by atomic mass is 35.5. The fourth-order valence-electron chi connectivity index (χ4n) is 3.22. The molecular weight excluding hydrogens is 401 g/mol. The van der Waals surface area contributed by atoms with Gasteiger partial charge in [0.1, 0.15) is 24.3 Å². The number of aliphatic hydroxyl groups excluding tert-OH is 1. The van der Waals surface area contributed by atoms with Crippen molar-refractivity contribution in [2.75, 3.05) is 44.2 Å². The van der Waals surface area contributed by atoms with Crippen LogP contribution in [0.25, 0.3) is 10.2 Å². The minimum Gasteiger partial charge on any atom is -0.491 e. The third-order valence-electron chi connectivity index (χ3n) is 4.71. The van der Waals surface area contributed by atoms with E-state index in [9.17, 15) is 9.50 Å². The van der Waals surface area contributed by atoms with Crippen LogP contribution in [0.1, 0.15) is 0 Å². The molecule has 5 nitrogen and oxygen atoms in total. The highest BCUT2D eigenvalue weighted by Gasteiger charge is 2.21. The summed E-state index contributed by atoms with van der Waals surface area (Å²) in [5, 5.41) is 12.0. The van der Waals surface area contributed by atoms with Crippen LogP contribution < -0.4 is 9.64 Å². The number of rotatable bonds is 6. The fraction of sp³-hybridized carbons (Fsp3) is 0.350. The number of halogens is 2. The van der Waals surface area contributed by atoms with Crippen LogP contribution in [0.2, 0.25) is 5.02 Å². The van der Waals surface area contributed by atoms with Crippen molar-refractivity contribution in [1.82, 2.24) is 9.88 Å². The standard InChI is InChI=1S/C20H21ClFN3O2S/c21-14-1-6-18-19(11-14)28-20(23-18)25-9-7-24(8-10-25)12-16(26)13-27-17-4-2-15(22)3-5-17/h1-6,11,16,26H,7-10,12-13H2/t16-/m0/s1. The highest BCUT2D eigenvalue weighted by Crippen LogP contribution is 2.31. The molecule has 1 saturated heterocycles. The zero-order valence-electron chi connectivity index (χ0n) is 15.2. The molecule has 0 saturated carbocycles. The van der Waals surface area contributed by atoms with Gasteiger partial charge >= 0.3 is 0 Å². The van der Waals surface area contributed by atoms with Gasteiger partial charge in [-0.25, -0.2) is 9.37 Å². The van der Waals surface area contributed by atoms with Crippen molar-refractivity contribution >= 4 is 38.3 Å². The normalized spacial score (nSPS) is 16.5. The van der Waals surface area contributed by atoms with Gasteiger partial charge in [0.05, 0.1) is 10.2 Å². The Bertz CT molecular complexity index is 929. The SMILES string of the molecule is O[C@H](COc1ccc(F)cc1)CN1CCN(c2nc3ccc(Cl)cc3s2)CC1. The molecule has 0 aliphatic carbocycles. The van der Waals surface area contributed by atoms with Gasteiger partial charge in [-0.3, -0.25) is 4.90 Å². The minimum atomic E-state index is -0.596. The fourth-order valence-corrected chi connectivity index (χ4v) is 4.51. The molecule has 0 amide bonds. The summed E-state index contributed by atoms with van der Waals surface area (Å²) in [5.41, 5.74) is 0.972. The van der Waals surface area contributed by atoms with Crippen molar-refractivity contribution < 1.29 is 14.2 Å².